The van der Waals surface area contributed by atoms with Crippen molar-refractivity contribution in [3.63, 3.8) is 0 Å². The number of hydrogen-bond donors (Lipinski definition) is 1. The average Bonchev–Trinajstić information content (AvgIpc) is 3.09. The first-order valence-corrected chi connectivity index (χ1v) is 7.75. The van der Waals surface area contributed by atoms with Crippen LogP contribution in [0.5, 0.6) is 0 Å². The molecule has 8 nitrogen and oxygen atoms in total. The molecule has 0 saturated carbocycles. The van der Waals surface area contributed by atoms with Gasteiger partial charge >= 0.3 is 0 Å². The Morgan fingerprint density at radius 2 is 2.21 bits per heavy atom. The number of rotatable bonds is 4. The number of aryl methyl sites for hydroxylation is 2. The summed E-state index contributed by atoms with van der Waals surface area (Å²) in [7, 11) is 1.79. The third kappa shape index (κ3) is 2.92. The average molecular weight is 350 g/mol. The van der Waals surface area contributed by atoms with E-state index in [9.17, 15) is 14.9 Å². The lowest BCUT2D eigenvalue weighted by Gasteiger charge is -2.17. The fraction of sp³-hybridized carbons (Fsp3) is 0.333. The molecule has 1 aliphatic heterocycles. The fourth-order valence-electron chi connectivity index (χ4n) is 2.78. The zero-order valence-electron chi connectivity index (χ0n) is 13.2. The molecule has 0 bridgehead atoms. The van der Waals surface area contributed by atoms with Crippen LogP contribution in [-0.2, 0) is 11.8 Å². The van der Waals surface area contributed by atoms with Gasteiger partial charge in [-0.2, -0.15) is 5.10 Å². The van der Waals surface area contributed by atoms with E-state index in [1.165, 1.54) is 6.07 Å². The van der Waals surface area contributed by atoms with E-state index in [0.717, 1.165) is 5.69 Å². The van der Waals surface area contributed by atoms with E-state index in [-0.39, 0.29) is 16.6 Å². The predicted molar refractivity (Wildman–Crippen MR) is 90.4 cm³/mol. The minimum atomic E-state index is -0.476. The summed E-state index contributed by atoms with van der Waals surface area (Å²) in [6.45, 7) is 2.21. The summed E-state index contributed by atoms with van der Waals surface area (Å²) in [6.07, 6.45) is 4.03. The van der Waals surface area contributed by atoms with Gasteiger partial charge in [0.25, 0.3) is 5.69 Å². The van der Waals surface area contributed by atoms with E-state index in [0.29, 0.717) is 24.2 Å². The van der Waals surface area contributed by atoms with Crippen LogP contribution in [0.1, 0.15) is 12.0 Å². The van der Waals surface area contributed by atoms with Crippen LogP contribution >= 0.6 is 11.6 Å². The summed E-state index contributed by atoms with van der Waals surface area (Å²) in [5.74, 6) is -0.0740. The van der Waals surface area contributed by atoms with Gasteiger partial charge < -0.3 is 10.2 Å². The Hall–Kier alpha value is -2.61. The van der Waals surface area contributed by atoms with Gasteiger partial charge in [0.15, 0.2) is 0 Å². The lowest BCUT2D eigenvalue weighted by Crippen LogP contribution is -2.33. The maximum Gasteiger partial charge on any atom is 0.273 e. The summed E-state index contributed by atoms with van der Waals surface area (Å²) >= 11 is 6.12. The smallest absolute Gasteiger partial charge is 0.273 e. The zero-order chi connectivity index (χ0) is 17.4. The van der Waals surface area contributed by atoms with E-state index in [4.69, 9.17) is 11.6 Å². The molecule has 0 unspecified atom stereocenters. The Morgan fingerprint density at radius 3 is 2.83 bits per heavy atom. The Kier molecular flexibility index (Phi) is 4.15. The van der Waals surface area contributed by atoms with Crippen molar-refractivity contribution in [1.82, 2.24) is 9.78 Å². The second-order valence-corrected chi connectivity index (χ2v) is 6.13. The highest BCUT2D eigenvalue weighted by Crippen LogP contribution is 2.32. The Labute approximate surface area is 143 Å². The van der Waals surface area contributed by atoms with E-state index in [1.807, 2.05) is 0 Å². The molecule has 1 amide bonds. The molecule has 0 aliphatic carbocycles. The molecule has 2 heterocycles. The van der Waals surface area contributed by atoms with Crippen molar-refractivity contribution < 1.29 is 9.72 Å². The molecule has 1 aliphatic rings. The van der Waals surface area contributed by atoms with Crippen LogP contribution in [0.15, 0.2) is 24.5 Å². The highest BCUT2D eigenvalue weighted by atomic mass is 35.5. The van der Waals surface area contributed by atoms with Crippen molar-refractivity contribution in [3.8, 4) is 0 Å². The largest absolute Gasteiger partial charge is 0.372 e. The Bertz CT molecular complexity index is 819. The van der Waals surface area contributed by atoms with Gasteiger partial charge in [-0.1, -0.05) is 11.6 Å². The summed E-state index contributed by atoms with van der Waals surface area (Å²) in [5, 5.41) is 18.3. The van der Waals surface area contributed by atoms with E-state index in [1.54, 1.807) is 42.0 Å². The lowest BCUT2D eigenvalue weighted by atomic mass is 10.1. The van der Waals surface area contributed by atoms with Gasteiger partial charge in [-0.3, -0.25) is 19.6 Å². The normalized spacial score (nSPS) is 17.4. The first-order chi connectivity index (χ1) is 11.4. The molecule has 9 heteroatoms. The molecule has 126 valence electrons. The number of carbonyl (C=O) groups is 1. The Balaban J connectivity index is 1.79. The lowest BCUT2D eigenvalue weighted by molar-refractivity contribution is -0.385. The molecule has 3 rings (SSSR count). The second-order valence-electron chi connectivity index (χ2n) is 5.72. The molecular weight excluding hydrogens is 334 g/mol. The third-order valence-electron chi connectivity index (χ3n) is 4.02. The van der Waals surface area contributed by atoms with Gasteiger partial charge in [0.1, 0.15) is 6.04 Å². The maximum absolute atomic E-state index is 12.6. The van der Waals surface area contributed by atoms with Crippen LogP contribution < -0.4 is 10.2 Å². The number of nitro benzene ring substituents is 1. The maximum atomic E-state index is 12.6. The van der Waals surface area contributed by atoms with Gasteiger partial charge in [-0.25, -0.2) is 0 Å². The number of anilines is 2. The van der Waals surface area contributed by atoms with Crippen molar-refractivity contribution in [2.24, 2.45) is 7.05 Å². The number of nitrogens with one attached hydrogen (secondary N) is 1. The molecule has 0 spiro atoms. The third-order valence-corrected chi connectivity index (χ3v) is 4.33. The highest BCUT2D eigenvalue weighted by molar-refractivity contribution is 6.33. The number of aromatic nitrogens is 2. The van der Waals surface area contributed by atoms with Crippen molar-refractivity contribution in [2.75, 3.05) is 16.8 Å². The second kappa shape index (κ2) is 6.12. The van der Waals surface area contributed by atoms with E-state index in [2.05, 4.69) is 10.4 Å². The number of carbonyl (C=O) groups excluding carboxylic acids is 1. The SMILES string of the molecule is Cc1cc(N[C@@H]2CCN(c3cnn(C)c3)C2=O)c(Cl)cc1[N+](=O)[O-]. The van der Waals surface area contributed by atoms with Gasteiger partial charge in [-0.15, -0.1) is 0 Å². The minimum Gasteiger partial charge on any atom is -0.372 e. The van der Waals surface area contributed by atoms with Crippen molar-refractivity contribution in [2.45, 2.75) is 19.4 Å². The molecule has 1 fully saturated rings. The number of amides is 1. The minimum absolute atomic E-state index is 0.0414. The summed E-state index contributed by atoms with van der Waals surface area (Å²) in [6, 6.07) is 2.47. The molecule has 24 heavy (non-hydrogen) atoms. The number of benzene rings is 1. The Morgan fingerprint density at radius 1 is 1.46 bits per heavy atom. The molecule has 2 aromatic rings. The van der Waals surface area contributed by atoms with Crippen LogP contribution in [0.4, 0.5) is 17.1 Å². The summed E-state index contributed by atoms with van der Waals surface area (Å²) < 4.78 is 1.64. The molecule has 1 saturated heterocycles. The van der Waals surface area contributed by atoms with Crippen molar-refractivity contribution >= 4 is 34.6 Å². The van der Waals surface area contributed by atoms with Gasteiger partial charge in [0, 0.05) is 31.4 Å². The quantitative estimate of drug-likeness (QED) is 0.676. The summed E-state index contributed by atoms with van der Waals surface area (Å²) in [4.78, 5) is 24.7. The molecule has 1 atom stereocenters. The summed E-state index contributed by atoms with van der Waals surface area (Å²) in [5.41, 5.74) is 1.71. The van der Waals surface area contributed by atoms with E-state index < -0.39 is 11.0 Å². The number of hydrogen-bond acceptors (Lipinski definition) is 5. The van der Waals surface area contributed by atoms with Crippen LogP contribution in [0, 0.1) is 17.0 Å². The number of nitro groups is 1. The first kappa shape index (κ1) is 16.3. The predicted octanol–water partition coefficient (Wildman–Crippen LogP) is 2.51. The molecule has 1 N–H and O–H groups in total. The van der Waals surface area contributed by atoms with Gasteiger partial charge in [0.05, 0.1) is 27.5 Å². The molecular formula is C15H16ClN5O3. The monoisotopic (exact) mass is 349 g/mol. The number of halogens is 1. The van der Waals surface area contributed by atoms with Crippen LogP contribution in [0.2, 0.25) is 5.02 Å². The van der Waals surface area contributed by atoms with E-state index >= 15 is 0 Å². The van der Waals surface area contributed by atoms with Gasteiger partial charge in [-0.05, 0) is 19.4 Å². The standard InChI is InChI=1S/C15H16ClN5O3/c1-9-5-13(11(16)6-14(9)21(23)24)18-12-3-4-20(15(12)22)10-7-17-19(2)8-10/h5-8,12,18H,3-4H2,1-2H3/t12-/m1/s1. The van der Waals surface area contributed by atoms with Crippen LogP contribution in [-0.4, -0.2) is 33.2 Å². The van der Waals surface area contributed by atoms with Crippen LogP contribution in [0.3, 0.4) is 0 Å². The van der Waals surface area contributed by atoms with Crippen molar-refractivity contribution in [3.05, 3.63) is 45.2 Å². The first-order valence-electron chi connectivity index (χ1n) is 7.38. The van der Waals surface area contributed by atoms with Gasteiger partial charge in [0.2, 0.25) is 5.91 Å². The van der Waals surface area contributed by atoms with Crippen LogP contribution in [0.25, 0.3) is 0 Å². The fourth-order valence-corrected chi connectivity index (χ4v) is 3.00. The van der Waals surface area contributed by atoms with Crippen molar-refractivity contribution in [1.29, 1.82) is 0 Å². The zero-order valence-corrected chi connectivity index (χ0v) is 13.9. The topological polar surface area (TPSA) is 93.3 Å². The molecule has 1 aromatic carbocycles. The number of nitrogens with zero attached hydrogens (tertiary/aromatic N) is 4. The highest BCUT2D eigenvalue weighted by Gasteiger charge is 2.33. The molecule has 1 aromatic heterocycles. The molecule has 0 radical (unpaired) electrons.